The fourth-order valence-electron chi connectivity index (χ4n) is 3.67. The van der Waals surface area contributed by atoms with E-state index < -0.39 is 0 Å². The van der Waals surface area contributed by atoms with Crippen LogP contribution < -0.4 is 10.1 Å². The summed E-state index contributed by atoms with van der Waals surface area (Å²) < 4.78 is 5.39. The molecular formula is C17H26N2O. The zero-order valence-corrected chi connectivity index (χ0v) is 12.9. The van der Waals surface area contributed by atoms with Crippen molar-refractivity contribution in [1.82, 2.24) is 10.2 Å². The van der Waals surface area contributed by atoms with Crippen molar-refractivity contribution in [3.63, 3.8) is 0 Å². The molecule has 0 aliphatic heterocycles. The maximum absolute atomic E-state index is 5.39. The van der Waals surface area contributed by atoms with Crippen molar-refractivity contribution in [2.24, 2.45) is 0 Å². The van der Waals surface area contributed by atoms with Crippen molar-refractivity contribution in [2.45, 2.75) is 50.7 Å². The summed E-state index contributed by atoms with van der Waals surface area (Å²) in [7, 11) is 3.83. The second-order valence-corrected chi connectivity index (χ2v) is 6.07. The third-order valence-corrected chi connectivity index (χ3v) is 4.74. The Morgan fingerprint density at radius 3 is 2.75 bits per heavy atom. The molecule has 2 atom stereocenters. The molecule has 1 fully saturated rings. The number of hydrogen-bond acceptors (Lipinski definition) is 3. The molecule has 1 aromatic carbocycles. The molecule has 0 amide bonds. The van der Waals surface area contributed by atoms with Crippen molar-refractivity contribution in [2.75, 3.05) is 20.7 Å². The van der Waals surface area contributed by atoms with E-state index in [2.05, 4.69) is 42.4 Å². The number of benzene rings is 1. The van der Waals surface area contributed by atoms with Gasteiger partial charge in [0.2, 0.25) is 0 Å². The van der Waals surface area contributed by atoms with E-state index in [1.807, 2.05) is 0 Å². The number of hydrogen-bond donors (Lipinski definition) is 1. The molecule has 2 aliphatic rings. The van der Waals surface area contributed by atoms with Crippen molar-refractivity contribution in [1.29, 1.82) is 0 Å². The van der Waals surface area contributed by atoms with Crippen molar-refractivity contribution in [3.05, 3.63) is 29.3 Å². The molecule has 2 unspecified atom stereocenters. The number of likely N-dealkylation sites (N-methyl/N-ethyl adjacent to an activating group) is 1. The summed E-state index contributed by atoms with van der Waals surface area (Å²) in [6.45, 7) is 3.51. The average Bonchev–Trinajstić information content (AvgIpc) is 3.24. The van der Waals surface area contributed by atoms with Crippen molar-refractivity contribution >= 4 is 0 Å². The third-order valence-electron chi connectivity index (χ3n) is 4.74. The van der Waals surface area contributed by atoms with Gasteiger partial charge in [-0.2, -0.15) is 0 Å². The first-order valence-corrected chi connectivity index (χ1v) is 7.88. The highest BCUT2D eigenvalue weighted by Gasteiger charge is 2.41. The molecule has 1 aromatic rings. The molecule has 110 valence electrons. The van der Waals surface area contributed by atoms with Crippen LogP contribution >= 0.6 is 0 Å². The summed E-state index contributed by atoms with van der Waals surface area (Å²) in [5.41, 5.74) is 2.91. The van der Waals surface area contributed by atoms with E-state index in [9.17, 15) is 0 Å². The molecule has 0 heterocycles. The lowest BCUT2D eigenvalue weighted by atomic mass is 10.1. The van der Waals surface area contributed by atoms with Crippen LogP contribution in [0.1, 0.15) is 43.4 Å². The highest BCUT2D eigenvalue weighted by Crippen LogP contribution is 2.40. The lowest BCUT2D eigenvalue weighted by Crippen LogP contribution is -2.43. The van der Waals surface area contributed by atoms with Gasteiger partial charge in [-0.1, -0.05) is 13.0 Å². The van der Waals surface area contributed by atoms with Crippen molar-refractivity contribution < 1.29 is 4.74 Å². The fourth-order valence-corrected chi connectivity index (χ4v) is 3.67. The summed E-state index contributed by atoms with van der Waals surface area (Å²) in [6.07, 6.45) is 5.17. The molecule has 0 aromatic heterocycles. The standard InChI is InChI=1S/C17H26N2O/c1-4-9-19(13-6-7-13)16-10-12-5-8-14(20-3)11-15(12)17(16)18-2/h5,8,11,13,16-18H,4,6-7,9-10H2,1-3H3. The third kappa shape index (κ3) is 2.45. The van der Waals surface area contributed by atoms with Crippen LogP contribution in [0, 0.1) is 0 Å². The minimum atomic E-state index is 0.437. The SMILES string of the molecule is CCCN(C1CC1)C1Cc2ccc(OC)cc2C1NC. The first-order chi connectivity index (χ1) is 9.78. The largest absolute Gasteiger partial charge is 0.497 e. The summed E-state index contributed by atoms with van der Waals surface area (Å²) >= 11 is 0. The number of nitrogens with zero attached hydrogens (tertiary/aromatic N) is 1. The summed E-state index contributed by atoms with van der Waals surface area (Å²) in [5, 5.41) is 3.55. The van der Waals surface area contributed by atoms with Crippen LogP contribution in [-0.2, 0) is 6.42 Å². The predicted molar refractivity (Wildman–Crippen MR) is 82.3 cm³/mol. The summed E-state index contributed by atoms with van der Waals surface area (Å²) in [5.74, 6) is 0.970. The van der Waals surface area contributed by atoms with Gasteiger partial charge < -0.3 is 10.1 Å². The Kier molecular flexibility index (Phi) is 3.99. The zero-order valence-electron chi connectivity index (χ0n) is 12.9. The van der Waals surface area contributed by atoms with E-state index >= 15 is 0 Å². The molecule has 20 heavy (non-hydrogen) atoms. The summed E-state index contributed by atoms with van der Waals surface area (Å²) in [4.78, 5) is 2.74. The molecule has 0 spiro atoms. The van der Waals surface area contributed by atoms with E-state index in [0.717, 1.165) is 11.8 Å². The highest BCUT2D eigenvalue weighted by atomic mass is 16.5. The van der Waals surface area contributed by atoms with Gasteiger partial charge in [-0.3, -0.25) is 4.90 Å². The monoisotopic (exact) mass is 274 g/mol. The topological polar surface area (TPSA) is 24.5 Å². The quantitative estimate of drug-likeness (QED) is 0.863. The lowest BCUT2D eigenvalue weighted by Gasteiger charge is -2.33. The molecule has 1 saturated carbocycles. The van der Waals surface area contributed by atoms with Crippen molar-refractivity contribution in [3.8, 4) is 5.75 Å². The van der Waals surface area contributed by atoms with Gasteiger partial charge in [0.05, 0.1) is 7.11 Å². The molecule has 0 radical (unpaired) electrons. The van der Waals surface area contributed by atoms with Gasteiger partial charge in [0.1, 0.15) is 5.75 Å². The van der Waals surface area contributed by atoms with Gasteiger partial charge in [0, 0.05) is 18.1 Å². The van der Waals surface area contributed by atoms with Gasteiger partial charge >= 0.3 is 0 Å². The number of nitrogens with one attached hydrogen (secondary N) is 1. The first-order valence-electron chi connectivity index (χ1n) is 7.88. The smallest absolute Gasteiger partial charge is 0.119 e. The van der Waals surface area contributed by atoms with Crippen LogP contribution in [0.15, 0.2) is 18.2 Å². The van der Waals surface area contributed by atoms with Gasteiger partial charge in [-0.25, -0.2) is 0 Å². The van der Waals surface area contributed by atoms with E-state index in [-0.39, 0.29) is 0 Å². The molecular weight excluding hydrogens is 248 g/mol. The van der Waals surface area contributed by atoms with Crippen LogP contribution in [0.2, 0.25) is 0 Å². The number of methoxy groups -OCH3 is 1. The van der Waals surface area contributed by atoms with E-state index in [1.165, 1.54) is 43.4 Å². The van der Waals surface area contributed by atoms with E-state index in [1.54, 1.807) is 7.11 Å². The van der Waals surface area contributed by atoms with Crippen LogP contribution in [0.25, 0.3) is 0 Å². The molecule has 0 saturated heterocycles. The van der Waals surface area contributed by atoms with Gasteiger partial charge in [-0.15, -0.1) is 0 Å². The number of ether oxygens (including phenoxy) is 1. The minimum absolute atomic E-state index is 0.437. The normalized spacial score (nSPS) is 25.0. The number of fused-ring (bicyclic) bond motifs is 1. The Hall–Kier alpha value is -1.06. The second kappa shape index (κ2) is 5.74. The maximum atomic E-state index is 5.39. The van der Waals surface area contributed by atoms with Crippen LogP contribution in [0.5, 0.6) is 5.75 Å². The summed E-state index contributed by atoms with van der Waals surface area (Å²) in [6, 6.07) is 8.42. The van der Waals surface area contributed by atoms with Gasteiger partial charge in [-0.05, 0) is 62.5 Å². The minimum Gasteiger partial charge on any atom is -0.497 e. The van der Waals surface area contributed by atoms with Gasteiger partial charge in [0.25, 0.3) is 0 Å². The Morgan fingerprint density at radius 1 is 1.35 bits per heavy atom. The van der Waals surface area contributed by atoms with Gasteiger partial charge in [0.15, 0.2) is 0 Å². The Bertz CT molecular complexity index is 470. The van der Waals surface area contributed by atoms with E-state index in [0.29, 0.717) is 12.1 Å². The second-order valence-electron chi connectivity index (χ2n) is 6.07. The molecule has 0 bridgehead atoms. The first kappa shape index (κ1) is 13.9. The zero-order chi connectivity index (χ0) is 14.1. The van der Waals surface area contributed by atoms with Crippen LogP contribution in [0.3, 0.4) is 0 Å². The Labute approximate surface area is 122 Å². The van der Waals surface area contributed by atoms with E-state index in [4.69, 9.17) is 4.74 Å². The number of rotatable bonds is 6. The molecule has 3 heteroatoms. The lowest BCUT2D eigenvalue weighted by molar-refractivity contribution is 0.160. The molecule has 3 nitrogen and oxygen atoms in total. The van der Waals surface area contributed by atoms with Crippen LogP contribution in [0.4, 0.5) is 0 Å². The Balaban J connectivity index is 1.87. The molecule has 2 aliphatic carbocycles. The average molecular weight is 274 g/mol. The fraction of sp³-hybridized carbons (Fsp3) is 0.647. The van der Waals surface area contributed by atoms with Crippen LogP contribution in [-0.4, -0.2) is 37.7 Å². The highest BCUT2D eigenvalue weighted by molar-refractivity contribution is 5.43. The molecule has 1 N–H and O–H groups in total. The Morgan fingerprint density at radius 2 is 2.15 bits per heavy atom. The molecule has 3 rings (SSSR count). The predicted octanol–water partition coefficient (Wildman–Crippen LogP) is 2.75. The maximum Gasteiger partial charge on any atom is 0.119 e.